The fraction of sp³-hybridized carbons (Fsp3) is 0.625. The molecule has 1 fully saturated rings. The summed E-state index contributed by atoms with van der Waals surface area (Å²) in [6.45, 7) is 0.431. The number of hydrogen-bond donors (Lipinski definition) is 1. The largest absolute Gasteiger partial charge is 0.311 e. The fourth-order valence-electron chi connectivity index (χ4n) is 2.84. The van der Waals surface area contributed by atoms with Gasteiger partial charge in [0, 0.05) is 5.56 Å². The molecule has 19 heavy (non-hydrogen) atoms. The Morgan fingerprint density at radius 2 is 1.79 bits per heavy atom. The number of halogens is 2. The van der Waals surface area contributed by atoms with Crippen molar-refractivity contribution >= 4 is 0 Å². The molecule has 0 radical (unpaired) electrons. The molecule has 0 unspecified atom stereocenters. The van der Waals surface area contributed by atoms with Gasteiger partial charge in [0.25, 0.3) is 5.92 Å². The summed E-state index contributed by atoms with van der Waals surface area (Å²) in [6.07, 6.45) is 7.56. The first-order chi connectivity index (χ1) is 9.18. The van der Waals surface area contributed by atoms with E-state index in [1.807, 2.05) is 0 Å². The predicted molar refractivity (Wildman–Crippen MR) is 74.4 cm³/mol. The van der Waals surface area contributed by atoms with E-state index >= 15 is 0 Å². The maximum Gasteiger partial charge on any atom is 0.285 e. The second-order valence-corrected chi connectivity index (χ2v) is 5.54. The Morgan fingerprint density at radius 1 is 1.11 bits per heavy atom. The number of alkyl halides is 2. The SMILES string of the molecule is FC(F)(CNCCCC1CCCC1)c1ccccc1. The predicted octanol–water partition coefficient (Wildman–Crippen LogP) is 4.34. The molecule has 1 nitrogen and oxygen atoms in total. The molecular weight excluding hydrogens is 244 g/mol. The van der Waals surface area contributed by atoms with Gasteiger partial charge in [-0.1, -0.05) is 56.0 Å². The molecule has 0 heterocycles. The molecule has 0 spiro atoms. The molecule has 0 aromatic heterocycles. The van der Waals surface area contributed by atoms with Gasteiger partial charge in [0.15, 0.2) is 0 Å². The second kappa shape index (κ2) is 6.99. The molecular formula is C16H23F2N. The van der Waals surface area contributed by atoms with E-state index in [0.29, 0.717) is 6.54 Å². The molecule has 1 aliphatic rings. The first-order valence-electron chi connectivity index (χ1n) is 7.32. The molecule has 1 saturated carbocycles. The number of nitrogens with one attached hydrogen (secondary N) is 1. The molecule has 106 valence electrons. The standard InChI is InChI=1S/C16H23F2N/c17-16(18,15-10-2-1-3-11-15)13-19-12-6-9-14-7-4-5-8-14/h1-3,10-11,14,19H,4-9,12-13H2. The summed E-state index contributed by atoms with van der Waals surface area (Å²) in [5.41, 5.74) is 0.0956. The van der Waals surface area contributed by atoms with Crippen molar-refractivity contribution in [3.05, 3.63) is 35.9 Å². The van der Waals surface area contributed by atoms with Crippen LogP contribution in [0.3, 0.4) is 0 Å². The van der Waals surface area contributed by atoms with Gasteiger partial charge in [-0.3, -0.25) is 0 Å². The highest BCUT2D eigenvalue weighted by Gasteiger charge is 2.30. The van der Waals surface area contributed by atoms with Crippen molar-refractivity contribution in [3.63, 3.8) is 0 Å². The lowest BCUT2D eigenvalue weighted by atomic mass is 10.0. The van der Waals surface area contributed by atoms with Gasteiger partial charge in [0.1, 0.15) is 0 Å². The number of rotatable bonds is 7. The fourth-order valence-corrected chi connectivity index (χ4v) is 2.84. The summed E-state index contributed by atoms with van der Waals surface area (Å²) in [4.78, 5) is 0. The van der Waals surface area contributed by atoms with Gasteiger partial charge in [0.05, 0.1) is 6.54 Å². The van der Waals surface area contributed by atoms with Crippen molar-refractivity contribution in [2.45, 2.75) is 44.4 Å². The van der Waals surface area contributed by atoms with Gasteiger partial charge in [-0.15, -0.1) is 0 Å². The molecule has 1 aromatic carbocycles. The van der Waals surface area contributed by atoms with E-state index in [9.17, 15) is 8.78 Å². The van der Waals surface area contributed by atoms with Gasteiger partial charge in [-0.05, 0) is 25.3 Å². The zero-order chi connectivity index (χ0) is 13.6. The topological polar surface area (TPSA) is 12.0 Å². The zero-order valence-corrected chi connectivity index (χ0v) is 11.4. The van der Waals surface area contributed by atoms with E-state index in [-0.39, 0.29) is 12.1 Å². The first kappa shape index (κ1) is 14.4. The van der Waals surface area contributed by atoms with Gasteiger partial charge in [0.2, 0.25) is 0 Å². The van der Waals surface area contributed by atoms with Crippen LogP contribution >= 0.6 is 0 Å². The third-order valence-corrected chi connectivity index (χ3v) is 3.98. The summed E-state index contributed by atoms with van der Waals surface area (Å²) >= 11 is 0. The Kier molecular flexibility index (Phi) is 5.32. The molecule has 0 atom stereocenters. The molecule has 0 bridgehead atoms. The number of benzene rings is 1. The van der Waals surface area contributed by atoms with E-state index in [2.05, 4.69) is 5.32 Å². The first-order valence-corrected chi connectivity index (χ1v) is 7.32. The number of hydrogen-bond acceptors (Lipinski definition) is 1. The van der Waals surface area contributed by atoms with E-state index in [4.69, 9.17) is 0 Å². The highest BCUT2D eigenvalue weighted by Crippen LogP contribution is 2.29. The third kappa shape index (κ3) is 4.57. The van der Waals surface area contributed by atoms with Gasteiger partial charge >= 0.3 is 0 Å². The van der Waals surface area contributed by atoms with Crippen molar-refractivity contribution in [2.75, 3.05) is 13.1 Å². The summed E-state index contributed by atoms with van der Waals surface area (Å²) in [7, 11) is 0. The van der Waals surface area contributed by atoms with Gasteiger partial charge < -0.3 is 5.32 Å². The van der Waals surface area contributed by atoms with E-state index in [1.165, 1.54) is 44.2 Å². The Balaban J connectivity index is 1.64. The van der Waals surface area contributed by atoms with Crippen LogP contribution in [0.1, 0.15) is 44.1 Å². The Hall–Kier alpha value is -0.960. The minimum Gasteiger partial charge on any atom is -0.311 e. The maximum atomic E-state index is 13.8. The lowest BCUT2D eigenvalue weighted by molar-refractivity contribution is -0.00305. The highest BCUT2D eigenvalue weighted by molar-refractivity contribution is 5.20. The van der Waals surface area contributed by atoms with Gasteiger partial charge in [-0.2, -0.15) is 8.78 Å². The Morgan fingerprint density at radius 3 is 2.47 bits per heavy atom. The normalized spacial score (nSPS) is 16.9. The van der Waals surface area contributed by atoms with E-state index in [0.717, 1.165) is 12.3 Å². The maximum absolute atomic E-state index is 13.8. The molecule has 0 saturated heterocycles. The highest BCUT2D eigenvalue weighted by atomic mass is 19.3. The summed E-state index contributed by atoms with van der Waals surface area (Å²) < 4.78 is 27.6. The quantitative estimate of drug-likeness (QED) is 0.725. The average Bonchev–Trinajstić information content (AvgIpc) is 2.92. The van der Waals surface area contributed by atoms with Crippen molar-refractivity contribution in [2.24, 2.45) is 5.92 Å². The summed E-state index contributed by atoms with van der Waals surface area (Å²) in [5, 5.41) is 2.90. The van der Waals surface area contributed by atoms with Crippen LogP contribution in [0.15, 0.2) is 30.3 Å². The lowest BCUT2D eigenvalue weighted by Gasteiger charge is -2.17. The van der Waals surface area contributed by atoms with Crippen molar-refractivity contribution in [1.82, 2.24) is 5.32 Å². The van der Waals surface area contributed by atoms with Crippen LogP contribution in [-0.4, -0.2) is 13.1 Å². The van der Waals surface area contributed by atoms with Crippen LogP contribution in [-0.2, 0) is 5.92 Å². The molecule has 1 aliphatic carbocycles. The zero-order valence-electron chi connectivity index (χ0n) is 11.4. The average molecular weight is 267 g/mol. The van der Waals surface area contributed by atoms with Crippen LogP contribution in [0.4, 0.5) is 8.78 Å². The Bertz CT molecular complexity index is 358. The molecule has 1 N–H and O–H groups in total. The van der Waals surface area contributed by atoms with Crippen LogP contribution in [0.25, 0.3) is 0 Å². The molecule has 0 aliphatic heterocycles. The van der Waals surface area contributed by atoms with Crippen LogP contribution in [0.5, 0.6) is 0 Å². The lowest BCUT2D eigenvalue weighted by Crippen LogP contribution is -2.31. The molecule has 3 heteroatoms. The minimum absolute atomic E-state index is 0.0956. The van der Waals surface area contributed by atoms with Crippen molar-refractivity contribution in [3.8, 4) is 0 Å². The molecule has 2 rings (SSSR count). The summed E-state index contributed by atoms with van der Waals surface area (Å²) in [5.74, 6) is -1.93. The minimum atomic E-state index is -2.77. The van der Waals surface area contributed by atoms with Crippen LogP contribution in [0.2, 0.25) is 0 Å². The van der Waals surface area contributed by atoms with E-state index < -0.39 is 5.92 Å². The van der Waals surface area contributed by atoms with E-state index in [1.54, 1.807) is 18.2 Å². The second-order valence-electron chi connectivity index (χ2n) is 5.54. The molecule has 0 amide bonds. The molecule has 1 aromatic rings. The van der Waals surface area contributed by atoms with Crippen LogP contribution < -0.4 is 5.32 Å². The smallest absolute Gasteiger partial charge is 0.285 e. The Labute approximate surface area is 114 Å². The van der Waals surface area contributed by atoms with Crippen molar-refractivity contribution < 1.29 is 8.78 Å². The monoisotopic (exact) mass is 267 g/mol. The van der Waals surface area contributed by atoms with Gasteiger partial charge in [-0.25, -0.2) is 0 Å². The van der Waals surface area contributed by atoms with Crippen molar-refractivity contribution in [1.29, 1.82) is 0 Å². The third-order valence-electron chi connectivity index (χ3n) is 3.98. The van der Waals surface area contributed by atoms with Crippen LogP contribution in [0, 0.1) is 5.92 Å². The summed E-state index contributed by atoms with van der Waals surface area (Å²) in [6, 6.07) is 8.04.